The Labute approximate surface area is 105 Å². The Kier molecular flexibility index (Phi) is 4.44. The van der Waals surface area contributed by atoms with E-state index in [1.54, 1.807) is 0 Å². The van der Waals surface area contributed by atoms with Gasteiger partial charge in [-0.25, -0.2) is 13.1 Å². The molecule has 1 heterocycles. The highest BCUT2D eigenvalue weighted by Crippen LogP contribution is 2.27. The molecular weight excluding hydrogens is 236 g/mol. The summed E-state index contributed by atoms with van der Waals surface area (Å²) in [5.41, 5.74) is 0. The molecule has 1 aliphatic heterocycles. The van der Waals surface area contributed by atoms with E-state index in [0.717, 1.165) is 31.7 Å². The predicted molar refractivity (Wildman–Crippen MR) is 69.4 cm³/mol. The Morgan fingerprint density at radius 2 is 1.88 bits per heavy atom. The first-order valence-electron chi connectivity index (χ1n) is 6.83. The van der Waals surface area contributed by atoms with Crippen molar-refractivity contribution in [2.45, 2.75) is 56.7 Å². The molecule has 0 spiro atoms. The zero-order valence-corrected chi connectivity index (χ0v) is 11.4. The first-order valence-corrected chi connectivity index (χ1v) is 8.38. The molecule has 17 heavy (non-hydrogen) atoms. The van der Waals surface area contributed by atoms with Crippen molar-refractivity contribution in [1.29, 1.82) is 0 Å². The molecule has 1 aliphatic carbocycles. The highest BCUT2D eigenvalue weighted by atomic mass is 32.2. The molecule has 2 fully saturated rings. The van der Waals surface area contributed by atoms with Gasteiger partial charge in [-0.1, -0.05) is 13.3 Å². The van der Waals surface area contributed by atoms with E-state index in [9.17, 15) is 8.42 Å². The van der Waals surface area contributed by atoms with Crippen molar-refractivity contribution in [2.24, 2.45) is 5.92 Å². The summed E-state index contributed by atoms with van der Waals surface area (Å²) in [7, 11) is -3.10. The van der Waals surface area contributed by atoms with Crippen LogP contribution < -0.4 is 10.0 Å². The second-order valence-electron chi connectivity index (χ2n) is 5.40. The maximum atomic E-state index is 12.1. The Hall–Kier alpha value is -0.130. The first-order chi connectivity index (χ1) is 8.12. The van der Waals surface area contributed by atoms with E-state index in [1.807, 2.05) is 0 Å². The second kappa shape index (κ2) is 5.67. The summed E-state index contributed by atoms with van der Waals surface area (Å²) in [6, 6.07) is 0.184. The molecule has 2 aliphatic rings. The minimum absolute atomic E-state index is 0.184. The van der Waals surface area contributed by atoms with E-state index < -0.39 is 10.0 Å². The van der Waals surface area contributed by atoms with Crippen LogP contribution in [0.3, 0.4) is 0 Å². The highest BCUT2D eigenvalue weighted by molar-refractivity contribution is 7.90. The summed E-state index contributed by atoms with van der Waals surface area (Å²) in [4.78, 5) is 0. The van der Waals surface area contributed by atoms with Gasteiger partial charge in [-0.05, 0) is 44.6 Å². The van der Waals surface area contributed by atoms with Gasteiger partial charge in [-0.2, -0.15) is 0 Å². The third-order valence-corrected chi connectivity index (χ3v) is 6.15. The Morgan fingerprint density at radius 3 is 2.41 bits per heavy atom. The summed E-state index contributed by atoms with van der Waals surface area (Å²) in [6.45, 7) is 3.66. The average molecular weight is 260 g/mol. The normalized spacial score (nSPS) is 35.0. The zero-order chi connectivity index (χ0) is 12.3. The van der Waals surface area contributed by atoms with Gasteiger partial charge in [0.1, 0.15) is 0 Å². The maximum absolute atomic E-state index is 12.1. The van der Waals surface area contributed by atoms with Crippen LogP contribution in [0.25, 0.3) is 0 Å². The molecule has 1 atom stereocenters. The van der Waals surface area contributed by atoms with Gasteiger partial charge < -0.3 is 5.32 Å². The van der Waals surface area contributed by atoms with Gasteiger partial charge in [-0.3, -0.25) is 0 Å². The van der Waals surface area contributed by atoms with Crippen LogP contribution >= 0.6 is 0 Å². The van der Waals surface area contributed by atoms with Crippen molar-refractivity contribution in [2.75, 3.05) is 13.1 Å². The van der Waals surface area contributed by atoms with Gasteiger partial charge in [0.25, 0.3) is 0 Å². The third kappa shape index (κ3) is 3.42. The Bertz CT molecular complexity index is 328. The lowest BCUT2D eigenvalue weighted by Gasteiger charge is -2.29. The molecule has 5 heteroatoms. The number of hydrogen-bond donors (Lipinski definition) is 2. The van der Waals surface area contributed by atoms with E-state index in [-0.39, 0.29) is 11.3 Å². The van der Waals surface area contributed by atoms with E-state index >= 15 is 0 Å². The van der Waals surface area contributed by atoms with Crippen LogP contribution in [0.5, 0.6) is 0 Å². The van der Waals surface area contributed by atoms with Crippen LogP contribution in [-0.2, 0) is 10.0 Å². The summed E-state index contributed by atoms with van der Waals surface area (Å²) >= 11 is 0. The molecule has 0 radical (unpaired) electrons. The molecule has 0 amide bonds. The standard InChI is InChI=1S/C12H24N2O2S/c1-2-10-3-5-11(6-4-10)14-17(15,16)12-7-8-13-9-12/h10-14H,2-9H2,1H3. The van der Waals surface area contributed by atoms with Crippen molar-refractivity contribution >= 4 is 10.0 Å². The van der Waals surface area contributed by atoms with Gasteiger partial charge in [0.05, 0.1) is 5.25 Å². The fraction of sp³-hybridized carbons (Fsp3) is 1.00. The molecule has 2 N–H and O–H groups in total. The van der Waals surface area contributed by atoms with Crippen LogP contribution in [0.4, 0.5) is 0 Å². The molecule has 100 valence electrons. The van der Waals surface area contributed by atoms with Gasteiger partial charge >= 0.3 is 0 Å². The molecule has 1 saturated heterocycles. The summed E-state index contributed by atoms with van der Waals surface area (Å²) in [6.07, 6.45) is 6.35. The minimum Gasteiger partial charge on any atom is -0.315 e. The molecular formula is C12H24N2O2S. The van der Waals surface area contributed by atoms with Crippen LogP contribution in [0.15, 0.2) is 0 Å². The van der Waals surface area contributed by atoms with Gasteiger partial charge in [-0.15, -0.1) is 0 Å². The van der Waals surface area contributed by atoms with Crippen LogP contribution in [-0.4, -0.2) is 32.8 Å². The first kappa shape index (κ1) is 13.3. The van der Waals surface area contributed by atoms with E-state index in [4.69, 9.17) is 0 Å². The van der Waals surface area contributed by atoms with Gasteiger partial charge in [0.15, 0.2) is 0 Å². The SMILES string of the molecule is CCC1CCC(NS(=O)(=O)C2CCNC2)CC1. The van der Waals surface area contributed by atoms with Crippen molar-refractivity contribution in [3.05, 3.63) is 0 Å². The number of nitrogens with one attached hydrogen (secondary N) is 2. The molecule has 0 aromatic carbocycles. The third-order valence-electron chi connectivity index (χ3n) is 4.21. The topological polar surface area (TPSA) is 58.2 Å². The summed E-state index contributed by atoms with van der Waals surface area (Å²) < 4.78 is 27.1. The van der Waals surface area contributed by atoms with Gasteiger partial charge in [0, 0.05) is 12.6 Å². The largest absolute Gasteiger partial charge is 0.315 e. The number of sulfonamides is 1. The smallest absolute Gasteiger partial charge is 0.216 e. The highest BCUT2D eigenvalue weighted by Gasteiger charge is 2.31. The maximum Gasteiger partial charge on any atom is 0.216 e. The van der Waals surface area contributed by atoms with E-state index in [1.165, 1.54) is 19.3 Å². The van der Waals surface area contributed by atoms with E-state index in [2.05, 4.69) is 17.0 Å². The molecule has 0 aromatic rings. The Morgan fingerprint density at radius 1 is 1.18 bits per heavy atom. The lowest BCUT2D eigenvalue weighted by atomic mass is 9.85. The monoisotopic (exact) mass is 260 g/mol. The Balaban J connectivity index is 1.84. The lowest BCUT2D eigenvalue weighted by Crippen LogP contribution is -2.43. The van der Waals surface area contributed by atoms with Crippen LogP contribution in [0, 0.1) is 5.92 Å². The van der Waals surface area contributed by atoms with Crippen molar-refractivity contribution in [1.82, 2.24) is 10.0 Å². The van der Waals surface area contributed by atoms with Gasteiger partial charge in [0.2, 0.25) is 10.0 Å². The zero-order valence-electron chi connectivity index (χ0n) is 10.6. The fourth-order valence-corrected chi connectivity index (χ4v) is 4.57. The molecule has 1 saturated carbocycles. The second-order valence-corrected chi connectivity index (χ2v) is 7.40. The molecule has 1 unspecified atom stereocenters. The predicted octanol–water partition coefficient (Wildman–Crippen LogP) is 1.24. The van der Waals surface area contributed by atoms with Crippen LogP contribution in [0.2, 0.25) is 0 Å². The number of hydrogen-bond acceptors (Lipinski definition) is 3. The van der Waals surface area contributed by atoms with Crippen LogP contribution in [0.1, 0.15) is 45.4 Å². The lowest BCUT2D eigenvalue weighted by molar-refractivity contribution is 0.306. The van der Waals surface area contributed by atoms with E-state index in [0.29, 0.717) is 6.54 Å². The van der Waals surface area contributed by atoms with Crippen molar-refractivity contribution in [3.8, 4) is 0 Å². The summed E-state index contributed by atoms with van der Waals surface area (Å²) in [5.74, 6) is 0.809. The minimum atomic E-state index is -3.10. The fourth-order valence-electron chi connectivity index (χ4n) is 2.91. The molecule has 0 bridgehead atoms. The average Bonchev–Trinajstić information content (AvgIpc) is 2.84. The molecule has 4 nitrogen and oxygen atoms in total. The van der Waals surface area contributed by atoms with Crippen molar-refractivity contribution < 1.29 is 8.42 Å². The molecule has 2 rings (SSSR count). The number of rotatable bonds is 4. The molecule has 0 aromatic heterocycles. The van der Waals surface area contributed by atoms with Crippen molar-refractivity contribution in [3.63, 3.8) is 0 Å². The quantitative estimate of drug-likeness (QED) is 0.799. The summed E-state index contributed by atoms with van der Waals surface area (Å²) in [5, 5.41) is 2.90.